The van der Waals surface area contributed by atoms with Crippen LogP contribution in [-0.4, -0.2) is 33.2 Å². The molecule has 2 rings (SSSR count). The summed E-state index contributed by atoms with van der Waals surface area (Å²) < 4.78 is 65.0. The summed E-state index contributed by atoms with van der Waals surface area (Å²) in [6.45, 7) is 3.31. The van der Waals surface area contributed by atoms with Crippen molar-refractivity contribution in [1.82, 2.24) is 0 Å². The molecule has 0 radical (unpaired) electrons. The monoisotopic (exact) mass is 323 g/mol. The summed E-state index contributed by atoms with van der Waals surface area (Å²) in [4.78, 5) is -0.752. The summed E-state index contributed by atoms with van der Waals surface area (Å²) in [6.07, 6.45) is 0.925. The molecule has 1 aliphatic heterocycles. The highest BCUT2D eigenvalue weighted by Crippen LogP contribution is 2.31. The zero-order valence-corrected chi connectivity index (χ0v) is 12.2. The predicted octanol–water partition coefficient (Wildman–Crippen LogP) is 2.82. The van der Waals surface area contributed by atoms with E-state index in [2.05, 4.69) is 5.32 Å². The summed E-state index contributed by atoms with van der Waals surface area (Å²) in [5.74, 6) is 0.337. The molecule has 4 nitrogen and oxygen atoms in total. The van der Waals surface area contributed by atoms with Gasteiger partial charge in [-0.2, -0.15) is 13.2 Å². The lowest BCUT2D eigenvalue weighted by atomic mass is 10.0. The van der Waals surface area contributed by atoms with Gasteiger partial charge in [-0.1, -0.05) is 0 Å². The van der Waals surface area contributed by atoms with Gasteiger partial charge in [0.15, 0.2) is 0 Å². The summed E-state index contributed by atoms with van der Waals surface area (Å²) in [7, 11) is -5.29. The summed E-state index contributed by atoms with van der Waals surface area (Å²) in [6, 6.07) is 4.69. The van der Waals surface area contributed by atoms with Crippen LogP contribution in [0.4, 0.5) is 18.9 Å². The Balaban J connectivity index is 2.09. The van der Waals surface area contributed by atoms with Crippen molar-refractivity contribution < 1.29 is 26.3 Å². The topological polar surface area (TPSA) is 55.4 Å². The lowest BCUT2D eigenvalue weighted by molar-refractivity contribution is -0.0436. The van der Waals surface area contributed by atoms with Crippen molar-refractivity contribution >= 4 is 15.5 Å². The number of nitrogens with one attached hydrogen (secondary N) is 1. The van der Waals surface area contributed by atoms with Gasteiger partial charge in [0.25, 0.3) is 9.84 Å². The molecule has 1 heterocycles. The second-order valence-electron chi connectivity index (χ2n) is 5.03. The number of anilines is 1. The second-order valence-corrected chi connectivity index (χ2v) is 6.97. The number of hydrogen-bond acceptors (Lipinski definition) is 4. The molecule has 0 spiro atoms. The van der Waals surface area contributed by atoms with E-state index in [4.69, 9.17) is 4.74 Å². The Hall–Kier alpha value is -1.28. The molecular formula is C13H16F3NO3S. The van der Waals surface area contributed by atoms with Crippen molar-refractivity contribution in [2.24, 2.45) is 5.92 Å². The fraction of sp³-hybridized carbons (Fsp3) is 0.538. The lowest BCUT2D eigenvalue weighted by Gasteiger charge is -2.20. The third kappa shape index (κ3) is 3.49. The van der Waals surface area contributed by atoms with Crippen molar-refractivity contribution in [2.75, 3.05) is 18.5 Å². The first-order valence-corrected chi connectivity index (χ1v) is 7.96. The quantitative estimate of drug-likeness (QED) is 0.926. The van der Waals surface area contributed by atoms with Crippen molar-refractivity contribution in [3.05, 3.63) is 24.3 Å². The van der Waals surface area contributed by atoms with Gasteiger partial charge in [-0.15, -0.1) is 0 Å². The van der Waals surface area contributed by atoms with Crippen LogP contribution in [0, 0.1) is 5.92 Å². The van der Waals surface area contributed by atoms with Crippen LogP contribution in [0.25, 0.3) is 0 Å². The zero-order chi connectivity index (χ0) is 15.7. The maximum Gasteiger partial charge on any atom is 0.501 e. The number of alkyl halides is 3. The SMILES string of the molecule is CC(Nc1ccc(S(=O)(=O)C(F)(F)F)cc1)C1CCOC1. The van der Waals surface area contributed by atoms with Gasteiger partial charge in [0.2, 0.25) is 0 Å². The number of sulfone groups is 1. The Morgan fingerprint density at radius 2 is 1.90 bits per heavy atom. The number of benzene rings is 1. The molecule has 8 heteroatoms. The standard InChI is InChI=1S/C13H16F3NO3S/c1-9(10-6-7-20-8-10)17-11-2-4-12(5-3-11)21(18,19)13(14,15)16/h2-5,9-10,17H,6-8H2,1H3. The van der Waals surface area contributed by atoms with Gasteiger partial charge in [-0.3, -0.25) is 0 Å². The first-order chi connectivity index (χ1) is 9.72. The molecule has 0 amide bonds. The molecule has 1 aliphatic rings. The second kappa shape index (κ2) is 5.84. The maximum atomic E-state index is 12.4. The molecule has 1 saturated heterocycles. The van der Waals surface area contributed by atoms with Gasteiger partial charge in [-0.05, 0) is 37.6 Å². The molecule has 0 aliphatic carbocycles. The van der Waals surface area contributed by atoms with Crippen LogP contribution >= 0.6 is 0 Å². The maximum absolute atomic E-state index is 12.4. The average Bonchev–Trinajstić information content (AvgIpc) is 2.92. The van der Waals surface area contributed by atoms with Crippen LogP contribution in [0.1, 0.15) is 13.3 Å². The van der Waals surface area contributed by atoms with E-state index in [1.54, 1.807) is 0 Å². The van der Waals surface area contributed by atoms with Crippen LogP contribution in [0.2, 0.25) is 0 Å². The van der Waals surface area contributed by atoms with Crippen LogP contribution in [0.3, 0.4) is 0 Å². The third-order valence-electron chi connectivity index (χ3n) is 3.54. The predicted molar refractivity (Wildman–Crippen MR) is 71.7 cm³/mol. The van der Waals surface area contributed by atoms with Gasteiger partial charge < -0.3 is 10.1 Å². The van der Waals surface area contributed by atoms with Crippen LogP contribution in [0.15, 0.2) is 29.2 Å². The molecule has 0 aromatic heterocycles. The van der Waals surface area contributed by atoms with Gasteiger partial charge in [0, 0.05) is 24.3 Å². The molecule has 1 fully saturated rings. The number of rotatable bonds is 4. The van der Waals surface area contributed by atoms with E-state index in [0.29, 0.717) is 24.8 Å². The van der Waals surface area contributed by atoms with Crippen molar-refractivity contribution in [3.8, 4) is 0 Å². The minimum Gasteiger partial charge on any atom is -0.382 e. The van der Waals surface area contributed by atoms with E-state index in [9.17, 15) is 21.6 Å². The van der Waals surface area contributed by atoms with E-state index >= 15 is 0 Å². The Labute approximate surface area is 121 Å². The molecule has 2 unspecified atom stereocenters. The highest BCUT2D eigenvalue weighted by Gasteiger charge is 2.46. The molecule has 118 valence electrons. The fourth-order valence-corrected chi connectivity index (χ4v) is 2.95. The Morgan fingerprint density at radius 1 is 1.29 bits per heavy atom. The summed E-state index contributed by atoms with van der Waals surface area (Å²) in [5, 5.41) is 3.15. The van der Waals surface area contributed by atoms with E-state index in [-0.39, 0.29) is 6.04 Å². The largest absolute Gasteiger partial charge is 0.501 e. The fourth-order valence-electron chi connectivity index (χ4n) is 2.19. The van der Waals surface area contributed by atoms with Crippen molar-refractivity contribution in [3.63, 3.8) is 0 Å². The number of hydrogen-bond donors (Lipinski definition) is 1. The zero-order valence-electron chi connectivity index (χ0n) is 11.4. The minimum absolute atomic E-state index is 0.0950. The molecule has 0 saturated carbocycles. The molecule has 1 aromatic carbocycles. The molecule has 1 aromatic rings. The first-order valence-electron chi connectivity index (χ1n) is 6.47. The van der Waals surface area contributed by atoms with Crippen molar-refractivity contribution in [1.29, 1.82) is 0 Å². The molecular weight excluding hydrogens is 307 g/mol. The van der Waals surface area contributed by atoms with Crippen LogP contribution < -0.4 is 5.32 Å². The normalized spacial score (nSPS) is 21.2. The van der Waals surface area contributed by atoms with Gasteiger partial charge in [0.05, 0.1) is 11.5 Å². The first kappa shape index (κ1) is 16.1. The van der Waals surface area contributed by atoms with Crippen molar-refractivity contribution in [2.45, 2.75) is 29.8 Å². The average molecular weight is 323 g/mol. The lowest BCUT2D eigenvalue weighted by Crippen LogP contribution is -2.26. The highest BCUT2D eigenvalue weighted by molar-refractivity contribution is 7.92. The summed E-state index contributed by atoms with van der Waals surface area (Å²) in [5.41, 5.74) is -4.70. The third-order valence-corrected chi connectivity index (χ3v) is 5.04. The summed E-state index contributed by atoms with van der Waals surface area (Å²) >= 11 is 0. The minimum atomic E-state index is -5.29. The Kier molecular flexibility index (Phi) is 4.48. The Morgan fingerprint density at radius 3 is 2.38 bits per heavy atom. The molecule has 0 bridgehead atoms. The van der Waals surface area contributed by atoms with Gasteiger partial charge >= 0.3 is 5.51 Å². The smallest absolute Gasteiger partial charge is 0.382 e. The van der Waals surface area contributed by atoms with E-state index in [1.165, 1.54) is 12.1 Å². The Bertz CT molecular complexity index is 578. The molecule has 21 heavy (non-hydrogen) atoms. The van der Waals surface area contributed by atoms with E-state index in [1.807, 2.05) is 6.92 Å². The highest BCUT2D eigenvalue weighted by atomic mass is 32.2. The van der Waals surface area contributed by atoms with Gasteiger partial charge in [-0.25, -0.2) is 8.42 Å². The molecule has 1 N–H and O–H groups in total. The van der Waals surface area contributed by atoms with E-state index in [0.717, 1.165) is 18.6 Å². The van der Waals surface area contributed by atoms with Crippen LogP contribution in [-0.2, 0) is 14.6 Å². The van der Waals surface area contributed by atoms with E-state index < -0.39 is 20.2 Å². The van der Waals surface area contributed by atoms with Crippen LogP contribution in [0.5, 0.6) is 0 Å². The number of ether oxygens (including phenoxy) is 1. The number of halogens is 3. The van der Waals surface area contributed by atoms with Gasteiger partial charge in [0.1, 0.15) is 0 Å². The molecule has 2 atom stereocenters.